The Morgan fingerprint density at radius 1 is 1.29 bits per heavy atom. The molecular weight excluding hydrogens is 264 g/mol. The quantitative estimate of drug-likeness (QED) is 0.874. The van der Waals surface area contributed by atoms with E-state index < -0.39 is 0 Å². The van der Waals surface area contributed by atoms with Crippen LogP contribution in [0.15, 0.2) is 24.3 Å². The van der Waals surface area contributed by atoms with Crippen molar-refractivity contribution in [1.29, 1.82) is 0 Å². The molecule has 1 aromatic carbocycles. The van der Waals surface area contributed by atoms with Crippen molar-refractivity contribution in [3.8, 4) is 5.75 Å². The van der Waals surface area contributed by atoms with E-state index in [1.165, 1.54) is 19.3 Å². The van der Waals surface area contributed by atoms with Gasteiger partial charge in [-0.05, 0) is 57.0 Å². The predicted octanol–water partition coefficient (Wildman–Crippen LogP) is 3.29. The number of anilines is 1. The molecular formula is C17H26N2O2. The van der Waals surface area contributed by atoms with Gasteiger partial charge in [-0.1, -0.05) is 13.3 Å². The number of hydrogen-bond donors (Lipinski definition) is 1. The second-order valence-corrected chi connectivity index (χ2v) is 5.53. The molecule has 1 saturated heterocycles. The summed E-state index contributed by atoms with van der Waals surface area (Å²) in [7, 11) is 0. The van der Waals surface area contributed by atoms with Gasteiger partial charge in [-0.2, -0.15) is 0 Å². The highest BCUT2D eigenvalue weighted by Gasteiger charge is 2.22. The maximum Gasteiger partial charge on any atom is 0.238 e. The van der Waals surface area contributed by atoms with E-state index in [9.17, 15) is 4.79 Å². The van der Waals surface area contributed by atoms with Crippen LogP contribution in [0.4, 0.5) is 5.69 Å². The molecule has 0 bridgehead atoms. The van der Waals surface area contributed by atoms with Crippen LogP contribution < -0.4 is 10.1 Å². The van der Waals surface area contributed by atoms with Crippen molar-refractivity contribution in [2.45, 2.75) is 45.6 Å². The zero-order valence-corrected chi connectivity index (χ0v) is 13.1. The Bertz CT molecular complexity index is 445. The summed E-state index contributed by atoms with van der Waals surface area (Å²) in [6.45, 7) is 6.34. The van der Waals surface area contributed by atoms with Gasteiger partial charge in [0, 0.05) is 11.7 Å². The zero-order valence-electron chi connectivity index (χ0n) is 13.1. The summed E-state index contributed by atoms with van der Waals surface area (Å²) >= 11 is 0. The lowest BCUT2D eigenvalue weighted by atomic mass is 10.00. The first kappa shape index (κ1) is 15.8. The van der Waals surface area contributed by atoms with Crippen molar-refractivity contribution in [3.63, 3.8) is 0 Å². The highest BCUT2D eigenvalue weighted by Crippen LogP contribution is 2.20. The van der Waals surface area contributed by atoms with Crippen molar-refractivity contribution in [2.75, 3.05) is 25.0 Å². The van der Waals surface area contributed by atoms with Gasteiger partial charge >= 0.3 is 0 Å². The third kappa shape index (κ3) is 4.74. The molecule has 1 N–H and O–H groups in total. The van der Waals surface area contributed by atoms with Crippen LogP contribution in [0.5, 0.6) is 5.75 Å². The lowest BCUT2D eigenvalue weighted by molar-refractivity contribution is -0.118. The summed E-state index contributed by atoms with van der Waals surface area (Å²) in [5.41, 5.74) is 0.827. The normalized spacial score (nSPS) is 19.2. The van der Waals surface area contributed by atoms with E-state index >= 15 is 0 Å². The minimum Gasteiger partial charge on any atom is -0.494 e. The Morgan fingerprint density at radius 2 is 2.05 bits per heavy atom. The van der Waals surface area contributed by atoms with Crippen LogP contribution in [0, 0.1) is 0 Å². The number of amides is 1. The fraction of sp³-hybridized carbons (Fsp3) is 0.588. The number of hydrogen-bond acceptors (Lipinski definition) is 3. The van der Waals surface area contributed by atoms with Crippen LogP contribution in [0.2, 0.25) is 0 Å². The highest BCUT2D eigenvalue weighted by atomic mass is 16.5. The maximum absolute atomic E-state index is 12.2. The van der Waals surface area contributed by atoms with Crippen LogP contribution >= 0.6 is 0 Å². The number of carbonyl (C=O) groups excluding carboxylic acids is 1. The molecule has 0 aliphatic carbocycles. The van der Waals surface area contributed by atoms with Gasteiger partial charge in [0.1, 0.15) is 5.75 Å². The molecule has 0 saturated carbocycles. The predicted molar refractivity (Wildman–Crippen MR) is 85.7 cm³/mol. The van der Waals surface area contributed by atoms with Crippen LogP contribution in [0.1, 0.15) is 39.5 Å². The minimum atomic E-state index is 0.0690. The van der Waals surface area contributed by atoms with E-state index in [0.29, 0.717) is 19.2 Å². The van der Waals surface area contributed by atoms with Gasteiger partial charge < -0.3 is 10.1 Å². The molecule has 1 amide bonds. The lowest BCUT2D eigenvalue weighted by Gasteiger charge is -2.34. The molecule has 1 atom stereocenters. The van der Waals surface area contributed by atoms with Crippen LogP contribution in [-0.4, -0.2) is 36.5 Å². The molecule has 4 nitrogen and oxygen atoms in total. The van der Waals surface area contributed by atoms with E-state index in [-0.39, 0.29) is 5.91 Å². The number of likely N-dealkylation sites (tertiary alicyclic amines) is 1. The average Bonchev–Trinajstić information content (AvgIpc) is 2.50. The van der Waals surface area contributed by atoms with Crippen LogP contribution in [0.25, 0.3) is 0 Å². The molecule has 1 aliphatic rings. The summed E-state index contributed by atoms with van der Waals surface area (Å²) < 4.78 is 5.39. The van der Waals surface area contributed by atoms with Crippen molar-refractivity contribution >= 4 is 11.6 Å². The maximum atomic E-state index is 12.2. The molecule has 1 heterocycles. The molecule has 116 valence electrons. The summed E-state index contributed by atoms with van der Waals surface area (Å²) in [5, 5.41) is 2.97. The van der Waals surface area contributed by atoms with Crippen molar-refractivity contribution in [1.82, 2.24) is 4.90 Å². The lowest BCUT2D eigenvalue weighted by Crippen LogP contribution is -2.43. The summed E-state index contributed by atoms with van der Waals surface area (Å²) in [5.74, 6) is 0.900. The third-order valence-corrected chi connectivity index (χ3v) is 4.02. The van der Waals surface area contributed by atoms with Gasteiger partial charge in [0.25, 0.3) is 0 Å². The molecule has 1 fully saturated rings. The smallest absolute Gasteiger partial charge is 0.238 e. The van der Waals surface area contributed by atoms with E-state index in [0.717, 1.165) is 24.4 Å². The van der Waals surface area contributed by atoms with Gasteiger partial charge in [0.05, 0.1) is 13.2 Å². The van der Waals surface area contributed by atoms with Gasteiger partial charge in [0.2, 0.25) is 5.91 Å². The van der Waals surface area contributed by atoms with Crippen molar-refractivity contribution < 1.29 is 9.53 Å². The monoisotopic (exact) mass is 290 g/mol. The Balaban J connectivity index is 1.85. The molecule has 21 heavy (non-hydrogen) atoms. The number of carbonyl (C=O) groups is 1. The van der Waals surface area contributed by atoms with Gasteiger partial charge in [-0.25, -0.2) is 0 Å². The topological polar surface area (TPSA) is 41.6 Å². The second kappa shape index (κ2) is 8.03. The molecule has 0 spiro atoms. The minimum absolute atomic E-state index is 0.0690. The Morgan fingerprint density at radius 3 is 2.71 bits per heavy atom. The molecule has 1 aromatic rings. The van der Waals surface area contributed by atoms with Crippen LogP contribution in [-0.2, 0) is 4.79 Å². The SMILES string of the molecule is CCOc1ccc(NC(=O)CN2CCCCC2CC)cc1. The summed E-state index contributed by atoms with van der Waals surface area (Å²) in [4.78, 5) is 14.5. The molecule has 4 heteroatoms. The number of benzene rings is 1. The zero-order chi connectivity index (χ0) is 15.1. The largest absolute Gasteiger partial charge is 0.494 e. The Kier molecular flexibility index (Phi) is 6.05. The number of ether oxygens (including phenoxy) is 1. The Hall–Kier alpha value is -1.55. The molecule has 1 aliphatic heterocycles. The molecule has 0 aromatic heterocycles. The first-order valence-electron chi connectivity index (χ1n) is 7.99. The van der Waals surface area contributed by atoms with Crippen molar-refractivity contribution in [2.24, 2.45) is 0 Å². The first-order chi connectivity index (χ1) is 10.2. The fourth-order valence-electron chi connectivity index (χ4n) is 2.92. The Labute approximate surface area is 127 Å². The number of rotatable bonds is 6. The van der Waals surface area contributed by atoms with Crippen molar-refractivity contribution in [3.05, 3.63) is 24.3 Å². The number of nitrogens with one attached hydrogen (secondary N) is 1. The molecule has 2 rings (SSSR count). The van der Waals surface area contributed by atoms with Crippen LogP contribution in [0.3, 0.4) is 0 Å². The fourth-order valence-corrected chi connectivity index (χ4v) is 2.92. The van der Waals surface area contributed by atoms with Gasteiger partial charge in [0.15, 0.2) is 0 Å². The number of nitrogens with zero attached hydrogens (tertiary/aromatic N) is 1. The average molecular weight is 290 g/mol. The van der Waals surface area contributed by atoms with Gasteiger partial charge in [-0.3, -0.25) is 9.69 Å². The second-order valence-electron chi connectivity index (χ2n) is 5.53. The van der Waals surface area contributed by atoms with E-state index in [1.54, 1.807) is 0 Å². The van der Waals surface area contributed by atoms with E-state index in [2.05, 4.69) is 17.1 Å². The van der Waals surface area contributed by atoms with Gasteiger partial charge in [-0.15, -0.1) is 0 Å². The standard InChI is InChI=1S/C17H26N2O2/c1-3-15-7-5-6-12-19(15)13-17(20)18-14-8-10-16(11-9-14)21-4-2/h8-11,15H,3-7,12-13H2,1-2H3,(H,18,20). The third-order valence-electron chi connectivity index (χ3n) is 4.02. The summed E-state index contributed by atoms with van der Waals surface area (Å²) in [6, 6.07) is 8.10. The number of piperidine rings is 1. The first-order valence-corrected chi connectivity index (χ1v) is 7.99. The molecule has 0 radical (unpaired) electrons. The molecule has 1 unspecified atom stereocenters. The summed E-state index contributed by atoms with van der Waals surface area (Å²) in [6.07, 6.45) is 4.82. The van der Waals surface area contributed by atoms with E-state index in [1.807, 2.05) is 31.2 Å². The van der Waals surface area contributed by atoms with E-state index in [4.69, 9.17) is 4.74 Å². The highest BCUT2D eigenvalue weighted by molar-refractivity contribution is 5.92.